The van der Waals surface area contributed by atoms with Crippen molar-refractivity contribution in [1.82, 2.24) is 5.32 Å². The molecule has 0 aromatic heterocycles. The number of halogens is 1. The zero-order valence-electron chi connectivity index (χ0n) is 12.9. The molecule has 0 saturated heterocycles. The molecule has 0 saturated carbocycles. The van der Waals surface area contributed by atoms with Crippen LogP contribution in [-0.2, 0) is 12.8 Å². The van der Waals surface area contributed by atoms with Crippen LogP contribution in [0.5, 0.6) is 0 Å². The molecule has 2 aromatic carbocycles. The first kappa shape index (κ1) is 16.3. The standard InChI is InChI=1S/C19H24BrN/c1-3-12-21-19(13-16-6-4-15(2)5-7-16)14-17-8-10-18(20)11-9-17/h4-11,19,21H,3,12-14H2,1-2H3. The Balaban J connectivity index is 2.02. The summed E-state index contributed by atoms with van der Waals surface area (Å²) in [5, 5.41) is 3.68. The molecule has 1 atom stereocenters. The first-order valence-corrected chi connectivity index (χ1v) is 8.50. The first-order valence-electron chi connectivity index (χ1n) is 7.70. The van der Waals surface area contributed by atoms with Crippen molar-refractivity contribution in [3.63, 3.8) is 0 Å². The highest BCUT2D eigenvalue weighted by atomic mass is 79.9. The second kappa shape index (κ2) is 8.35. The summed E-state index contributed by atoms with van der Waals surface area (Å²) in [6, 6.07) is 18.1. The van der Waals surface area contributed by atoms with Gasteiger partial charge in [-0.15, -0.1) is 0 Å². The molecule has 2 rings (SSSR count). The number of aryl methyl sites for hydroxylation is 1. The second-order valence-electron chi connectivity index (χ2n) is 5.67. The molecule has 1 N–H and O–H groups in total. The number of rotatable bonds is 7. The average Bonchev–Trinajstić information content (AvgIpc) is 2.49. The summed E-state index contributed by atoms with van der Waals surface area (Å²) in [4.78, 5) is 0. The highest BCUT2D eigenvalue weighted by Gasteiger charge is 2.10. The first-order chi connectivity index (χ1) is 10.2. The van der Waals surface area contributed by atoms with E-state index in [9.17, 15) is 0 Å². The van der Waals surface area contributed by atoms with E-state index < -0.39 is 0 Å². The topological polar surface area (TPSA) is 12.0 Å². The zero-order chi connectivity index (χ0) is 15.1. The van der Waals surface area contributed by atoms with Gasteiger partial charge < -0.3 is 5.32 Å². The van der Waals surface area contributed by atoms with E-state index in [1.807, 2.05) is 0 Å². The lowest BCUT2D eigenvalue weighted by molar-refractivity contribution is 0.505. The number of hydrogen-bond acceptors (Lipinski definition) is 1. The van der Waals surface area contributed by atoms with E-state index in [4.69, 9.17) is 0 Å². The molecule has 0 aliphatic carbocycles. The molecule has 0 aliphatic heterocycles. The Bertz CT molecular complexity index is 483. The van der Waals surface area contributed by atoms with Gasteiger partial charge in [0.1, 0.15) is 0 Å². The van der Waals surface area contributed by atoms with Gasteiger partial charge in [0.25, 0.3) is 0 Å². The molecule has 2 aromatic rings. The lowest BCUT2D eigenvalue weighted by Crippen LogP contribution is -2.33. The monoisotopic (exact) mass is 345 g/mol. The van der Waals surface area contributed by atoms with Crippen molar-refractivity contribution in [1.29, 1.82) is 0 Å². The minimum Gasteiger partial charge on any atom is -0.313 e. The number of hydrogen-bond donors (Lipinski definition) is 1. The van der Waals surface area contributed by atoms with Crippen LogP contribution in [-0.4, -0.2) is 12.6 Å². The predicted molar refractivity (Wildman–Crippen MR) is 94.8 cm³/mol. The van der Waals surface area contributed by atoms with Gasteiger partial charge in [-0.25, -0.2) is 0 Å². The van der Waals surface area contributed by atoms with Crippen LogP contribution in [0.15, 0.2) is 53.0 Å². The fourth-order valence-electron chi connectivity index (χ4n) is 2.48. The van der Waals surface area contributed by atoms with Crippen molar-refractivity contribution in [3.8, 4) is 0 Å². The molecule has 0 radical (unpaired) electrons. The molecule has 0 heterocycles. The summed E-state index contributed by atoms with van der Waals surface area (Å²) < 4.78 is 1.14. The molecule has 1 unspecified atom stereocenters. The van der Waals surface area contributed by atoms with Gasteiger partial charge in [0.15, 0.2) is 0 Å². The smallest absolute Gasteiger partial charge is 0.0175 e. The van der Waals surface area contributed by atoms with Crippen molar-refractivity contribution in [2.45, 2.75) is 39.2 Å². The number of benzene rings is 2. The maximum atomic E-state index is 3.68. The average molecular weight is 346 g/mol. The highest BCUT2D eigenvalue weighted by molar-refractivity contribution is 9.10. The molecule has 2 heteroatoms. The van der Waals surface area contributed by atoms with Gasteiger partial charge in [0.05, 0.1) is 0 Å². The SMILES string of the molecule is CCCNC(Cc1ccc(C)cc1)Cc1ccc(Br)cc1. The molecule has 1 nitrogen and oxygen atoms in total. The van der Waals surface area contributed by atoms with E-state index in [1.54, 1.807) is 0 Å². The van der Waals surface area contributed by atoms with Crippen LogP contribution in [0.25, 0.3) is 0 Å². The molecule has 0 amide bonds. The molecule has 0 fully saturated rings. The molecule has 0 bridgehead atoms. The van der Waals surface area contributed by atoms with Gasteiger partial charge in [-0.3, -0.25) is 0 Å². The molecule has 112 valence electrons. The lowest BCUT2D eigenvalue weighted by atomic mass is 9.98. The van der Waals surface area contributed by atoms with Crippen LogP contribution in [0.3, 0.4) is 0 Å². The van der Waals surface area contributed by atoms with Crippen LogP contribution in [0.1, 0.15) is 30.0 Å². The zero-order valence-corrected chi connectivity index (χ0v) is 14.5. The van der Waals surface area contributed by atoms with Crippen LogP contribution >= 0.6 is 15.9 Å². The van der Waals surface area contributed by atoms with E-state index in [-0.39, 0.29) is 0 Å². The van der Waals surface area contributed by atoms with E-state index >= 15 is 0 Å². The van der Waals surface area contributed by atoms with Crippen molar-refractivity contribution < 1.29 is 0 Å². The highest BCUT2D eigenvalue weighted by Crippen LogP contribution is 2.14. The largest absolute Gasteiger partial charge is 0.313 e. The molecule has 0 spiro atoms. The Morgan fingerprint density at radius 3 is 1.95 bits per heavy atom. The molecule has 0 aliphatic rings. The quantitative estimate of drug-likeness (QED) is 0.751. The van der Waals surface area contributed by atoms with Gasteiger partial charge in [0.2, 0.25) is 0 Å². The fourth-order valence-corrected chi connectivity index (χ4v) is 2.74. The molecular weight excluding hydrogens is 322 g/mol. The minimum absolute atomic E-state index is 0.494. The van der Waals surface area contributed by atoms with Gasteiger partial charge >= 0.3 is 0 Å². The Morgan fingerprint density at radius 2 is 1.43 bits per heavy atom. The van der Waals surface area contributed by atoms with E-state index in [1.165, 1.54) is 23.1 Å². The summed E-state index contributed by atoms with van der Waals surface area (Å²) in [5.74, 6) is 0. The van der Waals surface area contributed by atoms with Crippen molar-refractivity contribution in [2.75, 3.05) is 6.54 Å². The second-order valence-corrected chi connectivity index (χ2v) is 6.59. The third-order valence-corrected chi connectivity index (χ3v) is 4.21. The Kier molecular flexibility index (Phi) is 6.47. The summed E-state index contributed by atoms with van der Waals surface area (Å²) in [6.45, 7) is 5.43. The van der Waals surface area contributed by atoms with Crippen LogP contribution < -0.4 is 5.32 Å². The van der Waals surface area contributed by atoms with Crippen LogP contribution in [0.2, 0.25) is 0 Å². The predicted octanol–water partition coefficient (Wildman–Crippen LogP) is 4.91. The maximum Gasteiger partial charge on any atom is 0.0175 e. The number of nitrogens with one attached hydrogen (secondary N) is 1. The third kappa shape index (κ3) is 5.64. The Labute approximate surface area is 136 Å². The van der Waals surface area contributed by atoms with Crippen molar-refractivity contribution in [3.05, 3.63) is 69.7 Å². The van der Waals surface area contributed by atoms with Crippen molar-refractivity contribution in [2.24, 2.45) is 0 Å². The van der Waals surface area contributed by atoms with E-state index in [2.05, 4.69) is 83.6 Å². The molecular formula is C19H24BrN. The van der Waals surface area contributed by atoms with Crippen molar-refractivity contribution >= 4 is 15.9 Å². The lowest BCUT2D eigenvalue weighted by Gasteiger charge is -2.19. The summed E-state index contributed by atoms with van der Waals surface area (Å²) >= 11 is 3.50. The maximum absolute atomic E-state index is 3.68. The fraction of sp³-hybridized carbons (Fsp3) is 0.368. The van der Waals surface area contributed by atoms with Gasteiger partial charge in [0, 0.05) is 10.5 Å². The van der Waals surface area contributed by atoms with Crippen LogP contribution in [0.4, 0.5) is 0 Å². The summed E-state index contributed by atoms with van der Waals surface area (Å²) in [6.07, 6.45) is 3.32. The Morgan fingerprint density at radius 1 is 0.905 bits per heavy atom. The van der Waals surface area contributed by atoms with Gasteiger partial charge in [-0.05, 0) is 56.0 Å². The van der Waals surface area contributed by atoms with E-state index in [0.29, 0.717) is 6.04 Å². The normalized spacial score (nSPS) is 12.3. The van der Waals surface area contributed by atoms with E-state index in [0.717, 1.165) is 23.9 Å². The van der Waals surface area contributed by atoms with Crippen LogP contribution in [0, 0.1) is 6.92 Å². The minimum atomic E-state index is 0.494. The third-order valence-electron chi connectivity index (χ3n) is 3.68. The summed E-state index contributed by atoms with van der Waals surface area (Å²) in [7, 11) is 0. The van der Waals surface area contributed by atoms with Gasteiger partial charge in [-0.2, -0.15) is 0 Å². The summed E-state index contributed by atoms with van der Waals surface area (Å²) in [5.41, 5.74) is 4.12. The molecule has 21 heavy (non-hydrogen) atoms. The van der Waals surface area contributed by atoms with Gasteiger partial charge in [-0.1, -0.05) is 64.8 Å². The Hall–Kier alpha value is -1.12.